The molecule has 0 aliphatic carbocycles. The highest BCUT2D eigenvalue weighted by atomic mass is 79.9. The van der Waals surface area contributed by atoms with E-state index in [-0.39, 0.29) is 18.4 Å². The van der Waals surface area contributed by atoms with Gasteiger partial charge in [-0.15, -0.1) is 0 Å². The summed E-state index contributed by atoms with van der Waals surface area (Å²) in [4.78, 5) is 0. The molecular formula is C26H25BrN2O2. The van der Waals surface area contributed by atoms with Gasteiger partial charge in [-0.2, -0.15) is 5.10 Å². The second-order valence-corrected chi connectivity index (χ2v) is 9.32. The van der Waals surface area contributed by atoms with Gasteiger partial charge in [0.1, 0.15) is 11.5 Å². The molecule has 0 saturated carbocycles. The standard InChI is InChI=1S/C26H25BrN2O2/c1-16(2)30-21-11-8-19(9-12-21)26-29-24(22-14-20(27)10-13-25(22)31-26)15-23(28-29)18-6-4-17(3)5-7-18/h4-14,16,24,26H,15H2,1-3H3/t24-,26+/m1/s1. The first-order chi connectivity index (χ1) is 15.0. The van der Waals surface area contributed by atoms with Crippen LogP contribution in [0.15, 0.2) is 76.3 Å². The van der Waals surface area contributed by atoms with Crippen molar-refractivity contribution in [3.8, 4) is 11.5 Å². The fourth-order valence-corrected chi connectivity index (χ4v) is 4.56. The van der Waals surface area contributed by atoms with Gasteiger partial charge < -0.3 is 9.47 Å². The third kappa shape index (κ3) is 3.94. The zero-order chi connectivity index (χ0) is 21.5. The summed E-state index contributed by atoms with van der Waals surface area (Å²) < 4.78 is 13.3. The Hall–Kier alpha value is -2.79. The van der Waals surface area contributed by atoms with E-state index < -0.39 is 0 Å². The molecule has 3 aromatic rings. The van der Waals surface area contributed by atoms with Crippen LogP contribution in [0.25, 0.3) is 0 Å². The molecule has 5 rings (SSSR count). The molecule has 5 heteroatoms. The van der Waals surface area contributed by atoms with Crippen molar-refractivity contribution in [2.75, 3.05) is 0 Å². The molecule has 2 atom stereocenters. The van der Waals surface area contributed by atoms with Crippen LogP contribution in [0.2, 0.25) is 0 Å². The lowest BCUT2D eigenvalue weighted by Crippen LogP contribution is -2.33. The highest BCUT2D eigenvalue weighted by molar-refractivity contribution is 9.10. The number of hydrazone groups is 1. The van der Waals surface area contributed by atoms with E-state index in [0.717, 1.165) is 44.8 Å². The average molecular weight is 477 g/mol. The van der Waals surface area contributed by atoms with Crippen molar-refractivity contribution in [1.82, 2.24) is 5.01 Å². The van der Waals surface area contributed by atoms with Crippen LogP contribution < -0.4 is 9.47 Å². The third-order valence-corrected chi connectivity index (χ3v) is 6.17. The number of rotatable bonds is 4. The first-order valence-electron chi connectivity index (χ1n) is 10.6. The van der Waals surface area contributed by atoms with Crippen molar-refractivity contribution in [1.29, 1.82) is 0 Å². The number of nitrogens with zero attached hydrogens (tertiary/aromatic N) is 2. The Bertz CT molecular complexity index is 1120. The van der Waals surface area contributed by atoms with Gasteiger partial charge in [-0.25, -0.2) is 5.01 Å². The SMILES string of the molecule is Cc1ccc(C2=NN3[C@H](C2)c2cc(Br)ccc2O[C@H]3c2ccc(OC(C)C)cc2)cc1. The van der Waals surface area contributed by atoms with E-state index in [9.17, 15) is 0 Å². The Kier molecular flexibility index (Phi) is 5.22. The van der Waals surface area contributed by atoms with E-state index in [2.05, 4.69) is 70.3 Å². The van der Waals surface area contributed by atoms with Crippen LogP contribution in [0.4, 0.5) is 0 Å². The molecule has 0 unspecified atom stereocenters. The summed E-state index contributed by atoms with van der Waals surface area (Å²) in [6.45, 7) is 6.17. The number of benzene rings is 3. The number of halogens is 1. The maximum atomic E-state index is 6.47. The van der Waals surface area contributed by atoms with Crippen LogP contribution in [0.5, 0.6) is 11.5 Å². The molecule has 0 saturated heterocycles. The van der Waals surface area contributed by atoms with Gasteiger partial charge in [0.05, 0.1) is 17.9 Å². The smallest absolute Gasteiger partial charge is 0.213 e. The summed E-state index contributed by atoms with van der Waals surface area (Å²) >= 11 is 3.62. The molecular weight excluding hydrogens is 452 g/mol. The van der Waals surface area contributed by atoms with Gasteiger partial charge >= 0.3 is 0 Å². The predicted molar refractivity (Wildman–Crippen MR) is 127 cm³/mol. The Morgan fingerprint density at radius 2 is 1.77 bits per heavy atom. The van der Waals surface area contributed by atoms with Crippen LogP contribution in [0, 0.1) is 6.92 Å². The lowest BCUT2D eigenvalue weighted by molar-refractivity contribution is -0.0191. The maximum Gasteiger partial charge on any atom is 0.213 e. The zero-order valence-corrected chi connectivity index (χ0v) is 19.5. The molecule has 0 bridgehead atoms. The third-order valence-electron chi connectivity index (χ3n) is 5.67. The van der Waals surface area contributed by atoms with Crippen LogP contribution >= 0.6 is 15.9 Å². The predicted octanol–water partition coefficient (Wildman–Crippen LogP) is 6.79. The van der Waals surface area contributed by atoms with Gasteiger partial charge in [-0.05, 0) is 68.8 Å². The number of hydrogen-bond donors (Lipinski definition) is 0. The first-order valence-corrected chi connectivity index (χ1v) is 11.4. The second kappa shape index (κ2) is 8.04. The quantitative estimate of drug-likeness (QED) is 0.415. The molecule has 0 spiro atoms. The fraction of sp³-hybridized carbons (Fsp3) is 0.269. The summed E-state index contributed by atoms with van der Waals surface area (Å²) in [6.07, 6.45) is 0.711. The minimum atomic E-state index is -0.283. The van der Waals surface area contributed by atoms with Gasteiger partial charge in [0, 0.05) is 22.0 Å². The van der Waals surface area contributed by atoms with Gasteiger partial charge in [0.15, 0.2) is 0 Å². The fourth-order valence-electron chi connectivity index (χ4n) is 4.18. The molecule has 2 aliphatic rings. The normalized spacial score (nSPS) is 19.5. The minimum Gasteiger partial charge on any atom is -0.491 e. The summed E-state index contributed by atoms with van der Waals surface area (Å²) in [7, 11) is 0. The summed E-state index contributed by atoms with van der Waals surface area (Å²) in [6, 6.07) is 23.1. The minimum absolute atomic E-state index is 0.133. The topological polar surface area (TPSA) is 34.1 Å². The zero-order valence-electron chi connectivity index (χ0n) is 17.9. The van der Waals surface area contributed by atoms with Gasteiger partial charge in [-0.3, -0.25) is 0 Å². The van der Waals surface area contributed by atoms with Crippen LogP contribution in [0.3, 0.4) is 0 Å². The number of aryl methyl sites for hydroxylation is 1. The second-order valence-electron chi connectivity index (χ2n) is 8.40. The van der Waals surface area contributed by atoms with Gasteiger partial charge in [0.2, 0.25) is 6.23 Å². The van der Waals surface area contributed by atoms with E-state index in [0.29, 0.717) is 0 Å². The van der Waals surface area contributed by atoms with Crippen molar-refractivity contribution >= 4 is 21.6 Å². The van der Waals surface area contributed by atoms with Crippen molar-refractivity contribution in [3.63, 3.8) is 0 Å². The largest absolute Gasteiger partial charge is 0.491 e. The summed E-state index contributed by atoms with van der Waals surface area (Å²) in [5, 5.41) is 7.16. The van der Waals surface area contributed by atoms with E-state index >= 15 is 0 Å². The molecule has 31 heavy (non-hydrogen) atoms. The van der Waals surface area contributed by atoms with Gasteiger partial charge in [0.25, 0.3) is 0 Å². The van der Waals surface area contributed by atoms with Crippen molar-refractivity contribution < 1.29 is 9.47 Å². The molecule has 2 aliphatic heterocycles. The van der Waals surface area contributed by atoms with Crippen LogP contribution in [-0.4, -0.2) is 16.8 Å². The molecule has 0 amide bonds. The molecule has 2 heterocycles. The summed E-state index contributed by atoms with van der Waals surface area (Å²) in [5.41, 5.74) is 5.72. The first kappa shape index (κ1) is 20.1. The Labute approximate surface area is 191 Å². The van der Waals surface area contributed by atoms with Crippen LogP contribution in [-0.2, 0) is 0 Å². The average Bonchev–Trinajstić information content (AvgIpc) is 3.20. The number of fused-ring (bicyclic) bond motifs is 3. The molecule has 4 nitrogen and oxygen atoms in total. The highest BCUT2D eigenvalue weighted by Gasteiger charge is 2.41. The maximum absolute atomic E-state index is 6.47. The number of ether oxygens (including phenoxy) is 2. The van der Waals surface area contributed by atoms with Crippen LogP contribution in [0.1, 0.15) is 54.8 Å². The van der Waals surface area contributed by atoms with E-state index in [1.807, 2.05) is 38.1 Å². The molecule has 0 fully saturated rings. The highest BCUT2D eigenvalue weighted by Crippen LogP contribution is 2.48. The van der Waals surface area contributed by atoms with Crippen molar-refractivity contribution in [2.45, 2.75) is 45.6 Å². The monoisotopic (exact) mass is 476 g/mol. The molecule has 0 N–H and O–H groups in total. The molecule has 0 aromatic heterocycles. The van der Waals surface area contributed by atoms with E-state index in [1.54, 1.807) is 0 Å². The Morgan fingerprint density at radius 3 is 2.48 bits per heavy atom. The molecule has 3 aromatic carbocycles. The van der Waals surface area contributed by atoms with Crippen molar-refractivity contribution in [2.24, 2.45) is 5.10 Å². The number of hydrogen-bond acceptors (Lipinski definition) is 4. The lowest BCUT2D eigenvalue weighted by atomic mass is 9.95. The lowest BCUT2D eigenvalue weighted by Gasteiger charge is -2.38. The molecule has 0 radical (unpaired) electrons. The van der Waals surface area contributed by atoms with E-state index in [4.69, 9.17) is 14.6 Å². The van der Waals surface area contributed by atoms with Crippen molar-refractivity contribution in [3.05, 3.63) is 93.5 Å². The Balaban J connectivity index is 1.53. The van der Waals surface area contributed by atoms with Gasteiger partial charge in [-0.1, -0.05) is 45.8 Å². The Morgan fingerprint density at radius 1 is 1.03 bits per heavy atom. The molecule has 158 valence electrons. The summed E-state index contributed by atoms with van der Waals surface area (Å²) in [5.74, 6) is 1.78. The van der Waals surface area contributed by atoms with E-state index in [1.165, 1.54) is 5.56 Å².